The van der Waals surface area contributed by atoms with Crippen molar-refractivity contribution < 1.29 is 9.13 Å². The Morgan fingerprint density at radius 2 is 2.15 bits per heavy atom. The zero-order chi connectivity index (χ0) is 14.1. The Morgan fingerprint density at radius 1 is 1.30 bits per heavy atom. The number of hydrogen-bond acceptors (Lipinski definition) is 2. The van der Waals surface area contributed by atoms with Crippen molar-refractivity contribution in [3.8, 4) is 5.75 Å². The van der Waals surface area contributed by atoms with Crippen LogP contribution in [0.15, 0.2) is 40.9 Å². The Morgan fingerprint density at radius 3 is 2.95 bits per heavy atom. The second-order valence-electron chi connectivity index (χ2n) is 4.70. The minimum Gasteiger partial charge on any atom is -0.488 e. The van der Waals surface area contributed by atoms with E-state index in [9.17, 15) is 4.39 Å². The molecule has 104 valence electrons. The van der Waals surface area contributed by atoms with Gasteiger partial charge in [-0.05, 0) is 64.6 Å². The number of nitrogens with one attached hydrogen (secondary N) is 1. The molecule has 0 fully saturated rings. The number of ether oxygens (including phenoxy) is 1. The average Bonchev–Trinajstić information content (AvgIpc) is 2.79. The molecule has 1 atom stereocenters. The van der Waals surface area contributed by atoms with E-state index >= 15 is 0 Å². The van der Waals surface area contributed by atoms with Crippen LogP contribution in [0.4, 0.5) is 10.1 Å². The van der Waals surface area contributed by atoms with E-state index in [2.05, 4.69) is 49.9 Å². The van der Waals surface area contributed by atoms with E-state index in [0.717, 1.165) is 25.9 Å². The number of hydrogen-bond donors (Lipinski definition) is 1. The van der Waals surface area contributed by atoms with Crippen LogP contribution in [0.1, 0.15) is 5.56 Å². The Balaban J connectivity index is 1.63. The standard InChI is InChI=1S/C15H12BrFINO/c16-10-1-4-15-9(5-10)6-12(20-15)8-19-14-3-2-11(17)7-13(14)18/h1-5,7,12,19H,6,8H2. The highest BCUT2D eigenvalue weighted by Crippen LogP contribution is 2.31. The summed E-state index contributed by atoms with van der Waals surface area (Å²) in [5, 5.41) is 3.32. The third-order valence-electron chi connectivity index (χ3n) is 3.22. The van der Waals surface area contributed by atoms with Gasteiger partial charge in [-0.1, -0.05) is 15.9 Å². The van der Waals surface area contributed by atoms with E-state index in [1.807, 2.05) is 12.1 Å². The van der Waals surface area contributed by atoms with Crippen molar-refractivity contribution in [1.29, 1.82) is 0 Å². The second kappa shape index (κ2) is 5.89. The molecule has 1 heterocycles. The first-order valence-corrected chi connectivity index (χ1v) is 8.13. The summed E-state index contributed by atoms with van der Waals surface area (Å²) >= 11 is 5.60. The highest BCUT2D eigenvalue weighted by atomic mass is 127. The summed E-state index contributed by atoms with van der Waals surface area (Å²) < 4.78 is 20.9. The minimum atomic E-state index is -0.214. The van der Waals surface area contributed by atoms with Crippen molar-refractivity contribution in [1.82, 2.24) is 0 Å². The number of anilines is 1. The molecule has 2 nitrogen and oxygen atoms in total. The van der Waals surface area contributed by atoms with Crippen LogP contribution in [0.5, 0.6) is 5.75 Å². The molecule has 5 heteroatoms. The minimum absolute atomic E-state index is 0.111. The van der Waals surface area contributed by atoms with Gasteiger partial charge in [-0.15, -0.1) is 0 Å². The topological polar surface area (TPSA) is 21.3 Å². The molecule has 0 aliphatic carbocycles. The first-order valence-electron chi connectivity index (χ1n) is 6.26. The molecule has 0 radical (unpaired) electrons. The van der Waals surface area contributed by atoms with Gasteiger partial charge in [-0.25, -0.2) is 4.39 Å². The molecular formula is C15H12BrFINO. The van der Waals surface area contributed by atoms with Crippen LogP contribution in [0.2, 0.25) is 0 Å². The SMILES string of the molecule is Fc1ccc(NCC2Cc3cc(Br)ccc3O2)c(I)c1. The maximum atomic E-state index is 13.0. The van der Waals surface area contributed by atoms with Gasteiger partial charge in [0.05, 0.1) is 6.54 Å². The molecule has 3 rings (SSSR count). The maximum Gasteiger partial charge on any atom is 0.124 e. The van der Waals surface area contributed by atoms with Crippen LogP contribution in [-0.2, 0) is 6.42 Å². The highest BCUT2D eigenvalue weighted by molar-refractivity contribution is 14.1. The van der Waals surface area contributed by atoms with E-state index in [4.69, 9.17) is 4.74 Å². The quantitative estimate of drug-likeness (QED) is 0.694. The molecule has 0 saturated carbocycles. The molecule has 0 amide bonds. The molecule has 0 saturated heterocycles. The molecule has 0 aromatic heterocycles. The summed E-state index contributed by atoms with van der Waals surface area (Å²) in [6.07, 6.45) is 1.000. The Labute approximate surface area is 139 Å². The van der Waals surface area contributed by atoms with Gasteiger partial charge < -0.3 is 10.1 Å². The van der Waals surface area contributed by atoms with Crippen LogP contribution < -0.4 is 10.1 Å². The Bertz CT molecular complexity index is 650. The lowest BCUT2D eigenvalue weighted by atomic mass is 10.1. The van der Waals surface area contributed by atoms with Gasteiger partial charge in [0.15, 0.2) is 0 Å². The summed E-state index contributed by atoms with van der Waals surface area (Å²) in [5.41, 5.74) is 2.16. The van der Waals surface area contributed by atoms with Crippen molar-refractivity contribution in [3.63, 3.8) is 0 Å². The van der Waals surface area contributed by atoms with Crippen LogP contribution in [-0.4, -0.2) is 12.6 Å². The highest BCUT2D eigenvalue weighted by Gasteiger charge is 2.22. The van der Waals surface area contributed by atoms with Crippen LogP contribution in [0.25, 0.3) is 0 Å². The lowest BCUT2D eigenvalue weighted by Gasteiger charge is -2.14. The number of fused-ring (bicyclic) bond motifs is 1. The van der Waals surface area contributed by atoms with Gasteiger partial charge in [-0.2, -0.15) is 0 Å². The van der Waals surface area contributed by atoms with E-state index < -0.39 is 0 Å². The van der Waals surface area contributed by atoms with Gasteiger partial charge in [0.1, 0.15) is 17.7 Å². The summed E-state index contributed by atoms with van der Waals surface area (Å²) in [5.74, 6) is 0.739. The summed E-state index contributed by atoms with van der Waals surface area (Å²) in [6, 6.07) is 10.8. The van der Waals surface area contributed by atoms with Gasteiger partial charge >= 0.3 is 0 Å². The van der Waals surface area contributed by atoms with Crippen LogP contribution in [0.3, 0.4) is 0 Å². The molecule has 2 aromatic carbocycles. The monoisotopic (exact) mass is 447 g/mol. The number of rotatable bonds is 3. The molecule has 0 bridgehead atoms. The first-order chi connectivity index (χ1) is 9.61. The molecular weight excluding hydrogens is 436 g/mol. The zero-order valence-electron chi connectivity index (χ0n) is 10.5. The fraction of sp³-hybridized carbons (Fsp3) is 0.200. The molecule has 1 aliphatic heterocycles. The first kappa shape index (κ1) is 14.1. The van der Waals surface area contributed by atoms with Crippen molar-refractivity contribution in [2.75, 3.05) is 11.9 Å². The smallest absolute Gasteiger partial charge is 0.124 e. The molecule has 1 unspecified atom stereocenters. The normalized spacial score (nSPS) is 16.6. The Kier molecular flexibility index (Phi) is 4.16. The Hall–Kier alpha value is -0.820. The van der Waals surface area contributed by atoms with Crippen LogP contribution >= 0.6 is 38.5 Å². The lowest BCUT2D eigenvalue weighted by molar-refractivity contribution is 0.246. The van der Waals surface area contributed by atoms with Crippen molar-refractivity contribution in [3.05, 3.63) is 55.8 Å². The summed E-state index contributed by atoms with van der Waals surface area (Å²) in [6.45, 7) is 0.702. The number of halogens is 3. The summed E-state index contributed by atoms with van der Waals surface area (Å²) in [7, 11) is 0. The predicted octanol–water partition coefficient (Wildman–Crippen LogP) is 4.61. The van der Waals surface area contributed by atoms with Gasteiger partial charge in [0.25, 0.3) is 0 Å². The van der Waals surface area contributed by atoms with E-state index in [1.54, 1.807) is 6.07 Å². The van der Waals surface area contributed by atoms with Crippen molar-refractivity contribution in [2.24, 2.45) is 0 Å². The van der Waals surface area contributed by atoms with Gasteiger partial charge in [-0.3, -0.25) is 0 Å². The molecule has 0 spiro atoms. The van der Waals surface area contributed by atoms with Crippen molar-refractivity contribution >= 4 is 44.2 Å². The van der Waals surface area contributed by atoms with Gasteiger partial charge in [0.2, 0.25) is 0 Å². The van der Waals surface area contributed by atoms with E-state index in [1.165, 1.54) is 17.7 Å². The van der Waals surface area contributed by atoms with Crippen LogP contribution in [0, 0.1) is 9.39 Å². The van der Waals surface area contributed by atoms with Gasteiger partial charge in [0, 0.05) is 20.2 Å². The molecule has 2 aromatic rings. The van der Waals surface area contributed by atoms with E-state index in [0.29, 0.717) is 6.54 Å². The number of benzene rings is 2. The summed E-state index contributed by atoms with van der Waals surface area (Å²) in [4.78, 5) is 0. The third-order valence-corrected chi connectivity index (χ3v) is 4.60. The molecule has 1 N–H and O–H groups in total. The third kappa shape index (κ3) is 3.09. The fourth-order valence-electron chi connectivity index (χ4n) is 2.26. The average molecular weight is 448 g/mol. The lowest BCUT2D eigenvalue weighted by Crippen LogP contribution is -2.24. The largest absolute Gasteiger partial charge is 0.488 e. The van der Waals surface area contributed by atoms with E-state index in [-0.39, 0.29) is 11.9 Å². The predicted molar refractivity (Wildman–Crippen MR) is 89.9 cm³/mol. The van der Waals surface area contributed by atoms with Crippen molar-refractivity contribution in [2.45, 2.75) is 12.5 Å². The molecule has 20 heavy (non-hydrogen) atoms. The molecule has 1 aliphatic rings. The fourth-order valence-corrected chi connectivity index (χ4v) is 3.34. The second-order valence-corrected chi connectivity index (χ2v) is 6.78. The zero-order valence-corrected chi connectivity index (χ0v) is 14.2. The maximum absolute atomic E-state index is 13.0.